The molecule has 0 amide bonds. The highest BCUT2D eigenvalue weighted by Gasteiger charge is 2.31. The van der Waals surface area contributed by atoms with Crippen molar-refractivity contribution in [2.45, 2.75) is 37.8 Å². The molecule has 0 aromatic carbocycles. The van der Waals surface area contributed by atoms with Gasteiger partial charge in [-0.3, -0.25) is 4.90 Å². The molecule has 1 N–H and O–H groups in total. The molecular weight excluding hydrogens is 224 g/mol. The first-order valence-electron chi connectivity index (χ1n) is 6.22. The Morgan fingerprint density at radius 1 is 1.25 bits per heavy atom. The van der Waals surface area contributed by atoms with E-state index in [1.54, 1.807) is 0 Å². The van der Waals surface area contributed by atoms with Crippen LogP contribution in [-0.2, 0) is 9.84 Å². The summed E-state index contributed by atoms with van der Waals surface area (Å²) in [6.07, 6.45) is 4.29. The minimum absolute atomic E-state index is 0.273. The lowest BCUT2D eigenvalue weighted by Gasteiger charge is -2.39. The number of hydrogen-bond acceptors (Lipinski definition) is 4. The van der Waals surface area contributed by atoms with Crippen LogP contribution in [0.3, 0.4) is 0 Å². The van der Waals surface area contributed by atoms with Gasteiger partial charge >= 0.3 is 0 Å². The normalized spacial score (nSPS) is 36.1. The second kappa shape index (κ2) is 5.02. The van der Waals surface area contributed by atoms with Crippen molar-refractivity contribution < 1.29 is 8.42 Å². The molecule has 94 valence electrons. The van der Waals surface area contributed by atoms with Crippen molar-refractivity contribution in [3.63, 3.8) is 0 Å². The summed E-state index contributed by atoms with van der Waals surface area (Å²) in [6, 6.07) is 0.813. The number of likely N-dealkylation sites (N-methyl/N-ethyl adjacent to an activating group) is 1. The van der Waals surface area contributed by atoms with Gasteiger partial charge in [-0.2, -0.15) is 0 Å². The van der Waals surface area contributed by atoms with Gasteiger partial charge in [-0.25, -0.2) is 8.42 Å². The summed E-state index contributed by atoms with van der Waals surface area (Å²) >= 11 is 0. The average Bonchev–Trinajstić information content (AvgIpc) is 2.28. The second-order valence-electron chi connectivity index (χ2n) is 5.03. The van der Waals surface area contributed by atoms with Gasteiger partial charge in [-0.1, -0.05) is 0 Å². The predicted molar refractivity (Wildman–Crippen MR) is 65.3 cm³/mol. The first-order chi connectivity index (χ1) is 7.61. The Kier molecular flexibility index (Phi) is 3.87. The van der Waals surface area contributed by atoms with E-state index < -0.39 is 9.84 Å². The summed E-state index contributed by atoms with van der Waals surface area (Å²) in [5.74, 6) is 0.774. The van der Waals surface area contributed by atoms with Crippen molar-refractivity contribution in [1.82, 2.24) is 10.2 Å². The standard InChI is InChI=1S/C11H22N2O2S/c1-12-10-4-2-6-13(8-10)11-5-3-7-16(14,15)9-11/h10-12H,2-9H2,1H3. The summed E-state index contributed by atoms with van der Waals surface area (Å²) in [6.45, 7) is 2.08. The van der Waals surface area contributed by atoms with E-state index in [1.807, 2.05) is 7.05 Å². The lowest BCUT2D eigenvalue weighted by Crippen LogP contribution is -2.52. The van der Waals surface area contributed by atoms with Crippen LogP contribution in [-0.4, -0.2) is 57.0 Å². The Morgan fingerprint density at radius 2 is 2.06 bits per heavy atom. The Morgan fingerprint density at radius 3 is 2.75 bits per heavy atom. The van der Waals surface area contributed by atoms with Crippen molar-refractivity contribution in [1.29, 1.82) is 0 Å². The zero-order chi connectivity index (χ0) is 11.6. The molecule has 2 saturated heterocycles. The Labute approximate surface area is 98.3 Å². The summed E-state index contributed by atoms with van der Waals surface area (Å²) in [5, 5.41) is 3.30. The van der Waals surface area contributed by atoms with Gasteiger partial charge in [0, 0.05) is 18.6 Å². The maximum atomic E-state index is 11.6. The molecule has 2 aliphatic heterocycles. The quantitative estimate of drug-likeness (QED) is 0.759. The van der Waals surface area contributed by atoms with E-state index in [9.17, 15) is 8.42 Å². The first kappa shape index (κ1) is 12.3. The number of nitrogens with zero attached hydrogens (tertiary/aromatic N) is 1. The van der Waals surface area contributed by atoms with Crippen molar-refractivity contribution in [3.05, 3.63) is 0 Å². The predicted octanol–water partition coefficient (Wildman–Crippen LogP) is 0.247. The fourth-order valence-corrected chi connectivity index (χ4v) is 4.60. The van der Waals surface area contributed by atoms with Crippen molar-refractivity contribution in [2.24, 2.45) is 0 Å². The van der Waals surface area contributed by atoms with Crippen LogP contribution >= 0.6 is 0 Å². The van der Waals surface area contributed by atoms with Crippen LogP contribution in [0.1, 0.15) is 25.7 Å². The fourth-order valence-electron chi connectivity index (χ4n) is 2.86. The van der Waals surface area contributed by atoms with E-state index in [0.717, 1.165) is 25.9 Å². The molecule has 2 aliphatic rings. The highest BCUT2D eigenvalue weighted by Crippen LogP contribution is 2.21. The molecular formula is C11H22N2O2S. The number of hydrogen-bond donors (Lipinski definition) is 1. The van der Waals surface area contributed by atoms with Crippen LogP contribution in [0.25, 0.3) is 0 Å². The van der Waals surface area contributed by atoms with Crippen LogP contribution in [0.5, 0.6) is 0 Å². The summed E-state index contributed by atoms with van der Waals surface area (Å²) in [5.41, 5.74) is 0. The molecule has 2 heterocycles. The monoisotopic (exact) mass is 246 g/mol. The van der Waals surface area contributed by atoms with Gasteiger partial charge < -0.3 is 5.32 Å². The molecule has 0 aromatic rings. The minimum atomic E-state index is -2.77. The number of piperidine rings is 1. The summed E-state index contributed by atoms with van der Waals surface area (Å²) in [4.78, 5) is 2.38. The van der Waals surface area contributed by atoms with Crippen LogP contribution < -0.4 is 5.32 Å². The van der Waals surface area contributed by atoms with Gasteiger partial charge in [0.1, 0.15) is 0 Å². The second-order valence-corrected chi connectivity index (χ2v) is 7.26. The van der Waals surface area contributed by atoms with E-state index in [1.165, 1.54) is 12.8 Å². The molecule has 0 bridgehead atoms. The largest absolute Gasteiger partial charge is 0.316 e. The van der Waals surface area contributed by atoms with E-state index in [0.29, 0.717) is 17.5 Å². The Balaban J connectivity index is 1.96. The van der Waals surface area contributed by atoms with Crippen LogP contribution in [0.15, 0.2) is 0 Å². The van der Waals surface area contributed by atoms with Gasteiger partial charge in [0.15, 0.2) is 9.84 Å². The van der Waals surface area contributed by atoms with E-state index >= 15 is 0 Å². The molecule has 16 heavy (non-hydrogen) atoms. The lowest BCUT2D eigenvalue weighted by atomic mass is 10.0. The topological polar surface area (TPSA) is 49.4 Å². The zero-order valence-corrected chi connectivity index (χ0v) is 10.8. The van der Waals surface area contributed by atoms with Gasteiger partial charge in [-0.05, 0) is 39.3 Å². The van der Waals surface area contributed by atoms with Crippen molar-refractivity contribution in [2.75, 3.05) is 31.6 Å². The molecule has 0 radical (unpaired) electrons. The van der Waals surface area contributed by atoms with E-state index in [-0.39, 0.29) is 6.04 Å². The number of rotatable bonds is 2. The molecule has 0 aliphatic carbocycles. The van der Waals surface area contributed by atoms with E-state index in [2.05, 4.69) is 10.2 Å². The van der Waals surface area contributed by atoms with Crippen molar-refractivity contribution in [3.8, 4) is 0 Å². The molecule has 0 spiro atoms. The van der Waals surface area contributed by atoms with Crippen LogP contribution in [0.4, 0.5) is 0 Å². The zero-order valence-electron chi connectivity index (χ0n) is 9.98. The molecule has 0 saturated carbocycles. The minimum Gasteiger partial charge on any atom is -0.316 e. The highest BCUT2D eigenvalue weighted by molar-refractivity contribution is 7.91. The summed E-state index contributed by atoms with van der Waals surface area (Å²) in [7, 11) is -0.776. The third-order valence-electron chi connectivity index (χ3n) is 3.82. The van der Waals surface area contributed by atoms with Crippen LogP contribution in [0, 0.1) is 0 Å². The molecule has 2 atom stereocenters. The first-order valence-corrected chi connectivity index (χ1v) is 8.04. The van der Waals surface area contributed by atoms with Gasteiger partial charge in [0.2, 0.25) is 0 Å². The smallest absolute Gasteiger partial charge is 0.151 e. The Hall–Kier alpha value is -0.130. The van der Waals surface area contributed by atoms with Gasteiger partial charge in [0.05, 0.1) is 11.5 Å². The number of nitrogens with one attached hydrogen (secondary N) is 1. The average molecular weight is 246 g/mol. The van der Waals surface area contributed by atoms with E-state index in [4.69, 9.17) is 0 Å². The molecule has 2 rings (SSSR count). The maximum Gasteiger partial charge on any atom is 0.151 e. The molecule has 2 unspecified atom stereocenters. The Bertz CT molecular complexity index is 329. The van der Waals surface area contributed by atoms with Crippen molar-refractivity contribution >= 4 is 9.84 Å². The lowest BCUT2D eigenvalue weighted by molar-refractivity contribution is 0.141. The molecule has 0 aromatic heterocycles. The third kappa shape index (κ3) is 2.96. The van der Waals surface area contributed by atoms with Gasteiger partial charge in [-0.15, -0.1) is 0 Å². The molecule has 5 heteroatoms. The maximum absolute atomic E-state index is 11.6. The summed E-state index contributed by atoms with van der Waals surface area (Å²) < 4.78 is 23.2. The number of sulfone groups is 1. The fraction of sp³-hybridized carbons (Fsp3) is 1.00. The highest BCUT2D eigenvalue weighted by atomic mass is 32.2. The number of likely N-dealkylation sites (tertiary alicyclic amines) is 1. The SMILES string of the molecule is CNC1CCCN(C2CCCS(=O)(=O)C2)C1. The van der Waals surface area contributed by atoms with Crippen LogP contribution in [0.2, 0.25) is 0 Å². The molecule has 4 nitrogen and oxygen atoms in total. The molecule has 2 fully saturated rings. The third-order valence-corrected chi connectivity index (χ3v) is 5.62. The van der Waals surface area contributed by atoms with Gasteiger partial charge in [0.25, 0.3) is 0 Å².